The van der Waals surface area contributed by atoms with Crippen molar-refractivity contribution in [3.05, 3.63) is 105 Å². The van der Waals surface area contributed by atoms with Gasteiger partial charge in [-0.15, -0.1) is 0 Å². The molecular weight excluding hydrogens is 1230 g/mol. The number of carbonyl (C=O) groups is 3. The number of rotatable bonds is 12. The number of amides is 3. The molecule has 2 fully saturated rings. The monoisotopic (exact) mass is 1300 g/mol. The highest BCUT2D eigenvalue weighted by Gasteiger charge is 2.72. The van der Waals surface area contributed by atoms with E-state index < -0.39 is 63.6 Å². The number of carbonyl (C=O) groups excluding carboxylic acids is 3. The van der Waals surface area contributed by atoms with E-state index in [4.69, 9.17) is 39.1 Å². The molecule has 6 heterocycles. The number of ether oxygens (including phenoxy) is 6. The van der Waals surface area contributed by atoms with E-state index in [-0.39, 0.29) is 57.5 Å². The van der Waals surface area contributed by atoms with Crippen molar-refractivity contribution in [1.82, 2.24) is 29.7 Å². The predicted molar refractivity (Wildman–Crippen MR) is 328 cm³/mol. The minimum atomic E-state index is -1.39. The summed E-state index contributed by atoms with van der Waals surface area (Å²) in [6.45, 7) is 19.1. The van der Waals surface area contributed by atoms with E-state index >= 15 is 13.2 Å². The van der Waals surface area contributed by atoms with Crippen molar-refractivity contribution in [2.24, 2.45) is 27.6 Å². The number of thioether (sulfide) groups is 2. The summed E-state index contributed by atoms with van der Waals surface area (Å²) in [4.78, 5) is 65.8. The third kappa shape index (κ3) is 14.6. The van der Waals surface area contributed by atoms with Crippen LogP contribution in [0.25, 0.3) is 18.0 Å². The maximum Gasteiger partial charge on any atom is 0.418 e. The molecule has 2 N–H and O–H groups in total. The van der Waals surface area contributed by atoms with Gasteiger partial charge in [-0.1, -0.05) is 55.3 Å². The fourth-order valence-corrected chi connectivity index (χ4v) is 14.6. The second-order valence-electron chi connectivity index (χ2n) is 24.2. The van der Waals surface area contributed by atoms with Gasteiger partial charge in [-0.2, -0.15) is 4.98 Å². The number of hydrogen-bond acceptors (Lipinski definition) is 17. The third-order valence-electron chi connectivity index (χ3n) is 14.7. The largest absolute Gasteiger partial charge is 0.486 e. The van der Waals surface area contributed by atoms with Gasteiger partial charge in [-0.25, -0.2) is 37.2 Å². The second-order valence-corrected chi connectivity index (χ2v) is 33.2. The zero-order valence-electron chi connectivity index (χ0n) is 49.9. The molecule has 10 rings (SSSR count). The van der Waals surface area contributed by atoms with Gasteiger partial charge in [-0.05, 0) is 124 Å². The number of benzene rings is 2. The van der Waals surface area contributed by atoms with Crippen molar-refractivity contribution >= 4 is 93.7 Å². The molecule has 6 atom stereocenters. The number of aliphatic imine (C=N–C) groups is 2. The third-order valence-corrected chi connectivity index (χ3v) is 19.5. The number of halogens is 5. The van der Waals surface area contributed by atoms with Crippen LogP contribution in [0.4, 0.5) is 22.4 Å². The fraction of sp³-hybridized carbons (Fsp3) is 0.492. The number of fused-ring (bicyclic) bond motifs is 4. The molecule has 2 saturated carbocycles. The van der Waals surface area contributed by atoms with E-state index in [9.17, 15) is 18.8 Å². The van der Waals surface area contributed by atoms with E-state index in [0.717, 1.165) is 6.04 Å². The van der Waals surface area contributed by atoms with E-state index in [1.807, 2.05) is 0 Å². The highest BCUT2D eigenvalue weighted by atomic mass is 79.9. The summed E-state index contributed by atoms with van der Waals surface area (Å²) in [6.07, 6.45) is 5.92. The number of nitrogens with zero attached hydrogens (tertiary/aromatic N) is 8. The lowest BCUT2D eigenvalue weighted by Gasteiger charge is -2.38. The lowest BCUT2D eigenvalue weighted by atomic mass is 9.84. The molecule has 85 heavy (non-hydrogen) atoms. The highest BCUT2D eigenvalue weighted by Crippen LogP contribution is 2.68. The number of nitrogens with two attached hydrogens (primary N) is 1. The Morgan fingerprint density at radius 3 is 1.87 bits per heavy atom. The zero-order chi connectivity index (χ0) is 62.2. The minimum absolute atomic E-state index is 0.0706. The van der Waals surface area contributed by atoms with Crippen molar-refractivity contribution in [1.29, 1.82) is 0 Å². The van der Waals surface area contributed by atoms with Crippen LogP contribution in [0.15, 0.2) is 75.4 Å². The molecule has 0 unspecified atom stereocenters. The Balaban J connectivity index is 0.000000188. The first-order valence-corrected chi connectivity index (χ1v) is 33.6. The van der Waals surface area contributed by atoms with Crippen LogP contribution >= 0.6 is 39.5 Å². The van der Waals surface area contributed by atoms with Crippen LogP contribution < -0.4 is 24.7 Å². The molecule has 18 nitrogen and oxygen atoms in total. The van der Waals surface area contributed by atoms with Crippen molar-refractivity contribution < 1.29 is 60.4 Å². The first kappa shape index (κ1) is 64.8. The first-order valence-electron chi connectivity index (χ1n) is 27.5. The van der Waals surface area contributed by atoms with Crippen LogP contribution in [0.5, 0.6) is 23.1 Å². The molecule has 0 radical (unpaired) electrons. The fourth-order valence-electron chi connectivity index (χ4n) is 10.4. The standard InChI is InChI=1S/C29H43F2N3O4SSi.C24H24F2N4O3S.C6H5BrN2O2/c1-19(30)15-20-11-12-22(31)21(16-20)28(5)23-17-29(23,24(35)33(6)7)39-25(32-28)34(26(36)38-27(2,3)4)18-37-13-14-40(8,9)10;1-23(20-11-24(20,21(31)30(2)3)34-22(27)29-23)14-8-13(4-5-15(14)25)9-16(26)17-10-18-19(12-28-17)33-7-6-32-18;7-6-8-3-4-5(9-6)11-2-1-10-4/h11-12,15-16,23H,13-14,17-18H2,1-10H3;4-5,8-10,12,20H,6-7,11H2,1-3H3,(H2,27,29);3H,1-2H2/b19-15-;16-9-;/t23-,28+,29-;20-,23+,24-;/m00./s1. The minimum Gasteiger partial charge on any atom is -0.486 e. The van der Waals surface area contributed by atoms with E-state index in [1.165, 1.54) is 93.8 Å². The first-order chi connectivity index (χ1) is 39.8. The summed E-state index contributed by atoms with van der Waals surface area (Å²) in [5, 5.41) is 0.467. The lowest BCUT2D eigenvalue weighted by Crippen LogP contribution is -2.48. The van der Waals surface area contributed by atoms with Crippen LogP contribution in [0.3, 0.4) is 0 Å². The number of hydrogen-bond donors (Lipinski definition) is 1. The van der Waals surface area contributed by atoms with Crippen molar-refractivity contribution in [2.75, 3.05) is 68.0 Å². The molecule has 2 aromatic heterocycles. The van der Waals surface area contributed by atoms with Gasteiger partial charge >= 0.3 is 6.09 Å². The van der Waals surface area contributed by atoms with Crippen LogP contribution in [-0.2, 0) is 30.1 Å². The predicted octanol–water partition coefficient (Wildman–Crippen LogP) is 11.5. The Bertz CT molecular complexity index is 3360. The Morgan fingerprint density at radius 1 is 0.776 bits per heavy atom. The van der Waals surface area contributed by atoms with E-state index in [2.05, 4.69) is 55.5 Å². The molecule has 6 aliphatic rings. The quantitative estimate of drug-likeness (QED) is 0.0460. The smallest absolute Gasteiger partial charge is 0.418 e. The Morgan fingerprint density at radius 2 is 1.31 bits per heavy atom. The maximum atomic E-state index is 15.5. The van der Waals surface area contributed by atoms with Gasteiger partial charge < -0.3 is 44.0 Å². The molecule has 0 saturated heterocycles. The van der Waals surface area contributed by atoms with Crippen molar-refractivity contribution in [3.63, 3.8) is 0 Å². The second kappa shape index (κ2) is 25.2. The van der Waals surface area contributed by atoms with Gasteiger partial charge in [-0.3, -0.25) is 19.6 Å². The van der Waals surface area contributed by atoms with Crippen LogP contribution in [0.2, 0.25) is 25.7 Å². The highest BCUT2D eigenvalue weighted by molar-refractivity contribution is 9.10. The average molecular weight is 1300 g/mol. The summed E-state index contributed by atoms with van der Waals surface area (Å²) in [6, 6.07) is 11.0. The summed E-state index contributed by atoms with van der Waals surface area (Å²) < 4.78 is 91.2. The summed E-state index contributed by atoms with van der Waals surface area (Å²) in [5.74, 6) is -0.789. The van der Waals surface area contributed by atoms with Crippen LogP contribution in [-0.4, -0.2) is 149 Å². The van der Waals surface area contributed by atoms with Gasteiger partial charge in [0.25, 0.3) is 5.88 Å². The number of aromatic nitrogens is 3. The normalized spacial score (nSPS) is 24.5. The molecule has 4 aliphatic heterocycles. The van der Waals surface area contributed by atoms with E-state index in [1.54, 1.807) is 81.1 Å². The molecule has 3 amide bonds. The van der Waals surface area contributed by atoms with Crippen molar-refractivity contribution in [2.45, 2.75) is 106 Å². The molecule has 26 heteroatoms. The van der Waals surface area contributed by atoms with Gasteiger partial charge in [0, 0.05) is 71.9 Å². The summed E-state index contributed by atoms with van der Waals surface area (Å²) in [5.41, 5.74) is 4.57. The lowest BCUT2D eigenvalue weighted by molar-refractivity contribution is -0.130. The number of pyridine rings is 1. The topological polar surface area (TPSA) is 206 Å². The maximum absolute atomic E-state index is 15.5. The summed E-state index contributed by atoms with van der Waals surface area (Å²) >= 11 is 5.58. The Labute approximate surface area is 510 Å². The molecule has 2 aliphatic carbocycles. The van der Waals surface area contributed by atoms with Gasteiger partial charge in [0.15, 0.2) is 32.3 Å². The van der Waals surface area contributed by atoms with Gasteiger partial charge in [0.2, 0.25) is 11.8 Å². The summed E-state index contributed by atoms with van der Waals surface area (Å²) in [7, 11) is 5.34. The van der Waals surface area contributed by atoms with Crippen LogP contribution in [0, 0.1) is 23.5 Å². The van der Waals surface area contributed by atoms with Crippen molar-refractivity contribution in [3.8, 4) is 23.1 Å². The SMILES string of the molecule is Brc1ncc2c(n1)OCCO2.C/C(F)=C/c1ccc(F)c([C@@]2(C)N=C(N(COCC[Si](C)(C)C)C(=O)OC(C)(C)C)S[C@@]3(C(=O)N(C)C)C[C@H]32)c1.CN(C)C(=O)[C@]12C[C@H]1[C@@](C)(c1cc(/C=C(\F)c3cc4c(cn3)OCCO4)ccc1F)N=C(N)S2. The molecule has 0 spiro atoms. The zero-order valence-corrected chi connectivity index (χ0v) is 54.1. The van der Waals surface area contributed by atoms with E-state index in [0.29, 0.717) is 84.9 Å². The van der Waals surface area contributed by atoms with Gasteiger partial charge in [0.05, 0.1) is 29.3 Å². The van der Waals surface area contributed by atoms with Crippen LogP contribution in [0.1, 0.15) is 82.3 Å². The molecule has 0 bridgehead atoms. The molecule has 4 aromatic rings. The Hall–Kier alpha value is -6.22. The molecule has 458 valence electrons. The number of amidine groups is 2. The molecule has 2 aromatic carbocycles. The Kier molecular flexibility index (Phi) is 19.2. The molecular formula is C59H72BrF4N9O9S2Si. The van der Waals surface area contributed by atoms with Gasteiger partial charge in [0.1, 0.15) is 71.4 Å². The number of allylic oxidation sites excluding steroid dienone is 1. The average Bonchev–Trinajstić information content (AvgIpc) is 1.62.